The molecule has 0 saturated heterocycles. The highest BCUT2D eigenvalue weighted by Gasteiger charge is 2.32. The molecule has 8 nitrogen and oxygen atoms in total. The number of nitrogens with zero attached hydrogens (tertiary/aromatic N) is 1. The average molecular weight is 412 g/mol. The second-order valence-corrected chi connectivity index (χ2v) is 6.06. The molecule has 1 aliphatic rings. The average Bonchev–Trinajstić information content (AvgIpc) is 2.59. The van der Waals surface area contributed by atoms with Gasteiger partial charge in [0.2, 0.25) is 0 Å². The standard InChI is InChI=1S/C16H18BrN3O5/c1-3-11-13(15(22)24-4-2)12(20-16(23)19-11)8-25-14(21)9-5-10(17)7-18-6-9/h5-7,11H,3-4,8H2,1-2H3,(H2,19,20,23)/t11-/m0/s1. The fourth-order valence-electron chi connectivity index (χ4n) is 2.32. The summed E-state index contributed by atoms with van der Waals surface area (Å²) in [7, 11) is 0. The Hall–Kier alpha value is -2.42. The molecule has 0 radical (unpaired) electrons. The van der Waals surface area contributed by atoms with Gasteiger partial charge in [-0.25, -0.2) is 14.4 Å². The van der Waals surface area contributed by atoms with Gasteiger partial charge in [-0.15, -0.1) is 0 Å². The van der Waals surface area contributed by atoms with Gasteiger partial charge in [0, 0.05) is 16.9 Å². The van der Waals surface area contributed by atoms with E-state index < -0.39 is 24.0 Å². The lowest BCUT2D eigenvalue weighted by atomic mass is 10.0. The van der Waals surface area contributed by atoms with Crippen molar-refractivity contribution in [3.05, 3.63) is 39.8 Å². The van der Waals surface area contributed by atoms with Crippen LogP contribution in [0.3, 0.4) is 0 Å². The molecule has 1 atom stereocenters. The van der Waals surface area contributed by atoms with Crippen molar-refractivity contribution in [1.82, 2.24) is 15.6 Å². The Morgan fingerprint density at radius 2 is 2.00 bits per heavy atom. The van der Waals surface area contributed by atoms with E-state index in [1.54, 1.807) is 13.0 Å². The number of hydrogen-bond acceptors (Lipinski definition) is 6. The first kappa shape index (κ1) is 18.9. The molecule has 0 spiro atoms. The molecule has 2 N–H and O–H groups in total. The van der Waals surface area contributed by atoms with Crippen molar-refractivity contribution in [1.29, 1.82) is 0 Å². The van der Waals surface area contributed by atoms with Crippen molar-refractivity contribution in [2.45, 2.75) is 26.3 Å². The van der Waals surface area contributed by atoms with E-state index in [1.807, 2.05) is 6.92 Å². The lowest BCUT2D eigenvalue weighted by Crippen LogP contribution is -2.51. The summed E-state index contributed by atoms with van der Waals surface area (Å²) in [6, 6.07) is 0.593. The molecule has 2 rings (SSSR count). The fraction of sp³-hybridized carbons (Fsp3) is 0.375. The highest BCUT2D eigenvalue weighted by atomic mass is 79.9. The van der Waals surface area contributed by atoms with Crippen molar-refractivity contribution < 1.29 is 23.9 Å². The summed E-state index contributed by atoms with van der Waals surface area (Å²) in [4.78, 5) is 40.0. The predicted molar refractivity (Wildman–Crippen MR) is 91.6 cm³/mol. The maximum atomic E-state index is 12.2. The Morgan fingerprint density at radius 1 is 1.24 bits per heavy atom. The quantitative estimate of drug-likeness (QED) is 0.692. The predicted octanol–water partition coefficient (Wildman–Crippen LogP) is 1.91. The number of aromatic nitrogens is 1. The smallest absolute Gasteiger partial charge is 0.340 e. The first-order valence-electron chi connectivity index (χ1n) is 7.71. The number of pyridine rings is 1. The van der Waals surface area contributed by atoms with Crippen molar-refractivity contribution in [3.63, 3.8) is 0 Å². The van der Waals surface area contributed by atoms with Gasteiger partial charge < -0.3 is 20.1 Å². The third kappa shape index (κ3) is 4.79. The second-order valence-electron chi connectivity index (χ2n) is 5.14. The number of halogens is 1. The molecule has 134 valence electrons. The maximum absolute atomic E-state index is 12.2. The number of esters is 2. The van der Waals surface area contributed by atoms with Gasteiger partial charge in [0.05, 0.1) is 29.5 Å². The Labute approximate surface area is 153 Å². The van der Waals surface area contributed by atoms with Crippen LogP contribution in [0, 0.1) is 0 Å². The van der Waals surface area contributed by atoms with Crippen LogP contribution >= 0.6 is 15.9 Å². The number of ether oxygens (including phenoxy) is 2. The van der Waals surface area contributed by atoms with E-state index in [2.05, 4.69) is 31.5 Å². The Balaban J connectivity index is 2.21. The Morgan fingerprint density at radius 3 is 2.64 bits per heavy atom. The zero-order valence-corrected chi connectivity index (χ0v) is 15.4. The molecule has 1 aliphatic heterocycles. The van der Waals surface area contributed by atoms with E-state index in [4.69, 9.17) is 9.47 Å². The summed E-state index contributed by atoms with van der Waals surface area (Å²) in [5.74, 6) is -1.18. The van der Waals surface area contributed by atoms with E-state index >= 15 is 0 Å². The molecule has 0 unspecified atom stereocenters. The van der Waals surface area contributed by atoms with Crippen LogP contribution in [-0.4, -0.2) is 42.2 Å². The van der Waals surface area contributed by atoms with Gasteiger partial charge in [0.1, 0.15) is 6.61 Å². The van der Waals surface area contributed by atoms with Crippen LogP contribution in [0.4, 0.5) is 4.79 Å². The summed E-state index contributed by atoms with van der Waals surface area (Å²) < 4.78 is 10.9. The van der Waals surface area contributed by atoms with Crippen LogP contribution in [-0.2, 0) is 14.3 Å². The van der Waals surface area contributed by atoms with Crippen LogP contribution in [0.15, 0.2) is 34.2 Å². The van der Waals surface area contributed by atoms with Crippen LogP contribution in [0.2, 0.25) is 0 Å². The summed E-state index contributed by atoms with van der Waals surface area (Å²) in [5, 5.41) is 5.16. The van der Waals surface area contributed by atoms with Gasteiger partial charge in [-0.05, 0) is 35.3 Å². The van der Waals surface area contributed by atoms with Crippen molar-refractivity contribution in [3.8, 4) is 0 Å². The van der Waals surface area contributed by atoms with E-state index in [-0.39, 0.29) is 30.0 Å². The summed E-state index contributed by atoms with van der Waals surface area (Å²) in [5.41, 5.74) is 0.717. The molecule has 0 fully saturated rings. The monoisotopic (exact) mass is 411 g/mol. The highest BCUT2D eigenvalue weighted by molar-refractivity contribution is 9.10. The molecule has 1 aromatic rings. The third-order valence-electron chi connectivity index (χ3n) is 3.44. The zero-order valence-electron chi connectivity index (χ0n) is 13.8. The molecular formula is C16H18BrN3O5. The number of urea groups is 1. The molecule has 2 amide bonds. The Kier molecular flexibility index (Phi) is 6.51. The van der Waals surface area contributed by atoms with Gasteiger partial charge in [0.25, 0.3) is 0 Å². The molecule has 0 aromatic carbocycles. The van der Waals surface area contributed by atoms with Gasteiger partial charge in [0.15, 0.2) is 0 Å². The molecule has 1 aromatic heterocycles. The number of amides is 2. The van der Waals surface area contributed by atoms with Crippen LogP contribution in [0.25, 0.3) is 0 Å². The summed E-state index contributed by atoms with van der Waals surface area (Å²) in [6.45, 7) is 3.45. The van der Waals surface area contributed by atoms with Gasteiger partial charge in [-0.3, -0.25) is 4.98 Å². The SMILES string of the molecule is CCOC(=O)C1=C(COC(=O)c2cncc(Br)c2)NC(=O)N[C@H]1CC. The van der Waals surface area contributed by atoms with Gasteiger partial charge >= 0.3 is 18.0 Å². The minimum Gasteiger partial charge on any atom is -0.463 e. The number of rotatable bonds is 6. The fourth-order valence-corrected chi connectivity index (χ4v) is 2.68. The van der Waals surface area contributed by atoms with Crippen LogP contribution < -0.4 is 10.6 Å². The summed E-state index contributed by atoms with van der Waals surface area (Å²) >= 11 is 3.22. The minimum absolute atomic E-state index is 0.198. The van der Waals surface area contributed by atoms with E-state index in [9.17, 15) is 14.4 Å². The minimum atomic E-state index is -0.620. The number of nitrogens with one attached hydrogen (secondary N) is 2. The normalized spacial score (nSPS) is 16.8. The topological polar surface area (TPSA) is 107 Å². The van der Waals surface area contributed by atoms with Gasteiger partial charge in [-0.1, -0.05) is 6.92 Å². The third-order valence-corrected chi connectivity index (χ3v) is 3.87. The Bertz CT molecular complexity index is 719. The van der Waals surface area contributed by atoms with Crippen molar-refractivity contribution >= 4 is 33.9 Å². The number of carbonyl (C=O) groups excluding carboxylic acids is 3. The molecule has 25 heavy (non-hydrogen) atoms. The highest BCUT2D eigenvalue weighted by Crippen LogP contribution is 2.18. The lowest BCUT2D eigenvalue weighted by Gasteiger charge is -2.28. The van der Waals surface area contributed by atoms with E-state index in [0.717, 1.165) is 0 Å². The van der Waals surface area contributed by atoms with Gasteiger partial charge in [-0.2, -0.15) is 0 Å². The zero-order chi connectivity index (χ0) is 18.4. The largest absolute Gasteiger partial charge is 0.463 e. The second kappa shape index (κ2) is 8.61. The molecule has 0 saturated carbocycles. The van der Waals surface area contributed by atoms with E-state index in [1.165, 1.54) is 12.4 Å². The van der Waals surface area contributed by atoms with Crippen LogP contribution in [0.1, 0.15) is 30.6 Å². The molecule has 0 aliphatic carbocycles. The number of hydrogen-bond donors (Lipinski definition) is 2. The lowest BCUT2D eigenvalue weighted by molar-refractivity contribution is -0.139. The molecule has 0 bridgehead atoms. The first-order chi connectivity index (χ1) is 12.0. The van der Waals surface area contributed by atoms with Crippen molar-refractivity contribution in [2.24, 2.45) is 0 Å². The van der Waals surface area contributed by atoms with Crippen LogP contribution in [0.5, 0.6) is 0 Å². The molecule has 2 heterocycles. The van der Waals surface area contributed by atoms with Crippen molar-refractivity contribution in [2.75, 3.05) is 13.2 Å². The summed E-state index contributed by atoms with van der Waals surface area (Å²) in [6.07, 6.45) is 3.40. The van der Waals surface area contributed by atoms with E-state index in [0.29, 0.717) is 10.9 Å². The first-order valence-corrected chi connectivity index (χ1v) is 8.50. The molecule has 9 heteroatoms. The maximum Gasteiger partial charge on any atom is 0.340 e. The molecular weight excluding hydrogens is 394 g/mol. The number of carbonyl (C=O) groups is 3.